The average Bonchev–Trinajstić information content (AvgIpc) is 2.46. The Labute approximate surface area is 129 Å². The third kappa shape index (κ3) is 4.06. The molecule has 0 atom stereocenters. The number of rotatable bonds is 4. The summed E-state index contributed by atoms with van der Waals surface area (Å²) in [7, 11) is -3.18. The van der Waals surface area contributed by atoms with Gasteiger partial charge in [-0.25, -0.2) is 13.4 Å². The SMILES string of the molecule is CS(=O)(=O)c1ccc(-c2cccc(N=C(N)CCl)c2)cc1. The summed E-state index contributed by atoms with van der Waals surface area (Å²) in [6, 6.07) is 14.2. The second-order valence-electron chi connectivity index (χ2n) is 4.58. The third-order valence-corrected chi connectivity index (χ3v) is 4.27. The average molecular weight is 323 g/mol. The molecule has 0 saturated carbocycles. The number of benzene rings is 2. The predicted molar refractivity (Wildman–Crippen MR) is 87.0 cm³/mol. The summed E-state index contributed by atoms with van der Waals surface area (Å²) in [5.74, 6) is 0.522. The van der Waals surface area contributed by atoms with E-state index in [1.807, 2.05) is 24.3 Å². The molecule has 0 amide bonds. The number of hydrogen-bond donors (Lipinski definition) is 1. The lowest BCUT2D eigenvalue weighted by atomic mass is 10.1. The van der Waals surface area contributed by atoms with Gasteiger partial charge in [0.2, 0.25) is 0 Å². The van der Waals surface area contributed by atoms with Gasteiger partial charge in [-0.1, -0.05) is 24.3 Å². The number of nitrogens with two attached hydrogens (primary N) is 1. The predicted octanol–water partition coefficient (Wildman–Crippen LogP) is 2.98. The summed E-state index contributed by atoms with van der Waals surface area (Å²) in [6.45, 7) is 0. The molecule has 6 heteroatoms. The van der Waals surface area contributed by atoms with E-state index in [4.69, 9.17) is 17.3 Å². The van der Waals surface area contributed by atoms with E-state index in [1.165, 1.54) is 6.26 Å². The van der Waals surface area contributed by atoms with Crippen LogP contribution in [0.3, 0.4) is 0 Å². The molecule has 2 rings (SSSR count). The van der Waals surface area contributed by atoms with Crippen molar-refractivity contribution in [1.82, 2.24) is 0 Å². The zero-order valence-electron chi connectivity index (χ0n) is 11.5. The minimum absolute atomic E-state index is 0.174. The molecule has 0 aliphatic rings. The molecule has 4 nitrogen and oxygen atoms in total. The zero-order chi connectivity index (χ0) is 15.5. The van der Waals surface area contributed by atoms with Gasteiger partial charge in [0, 0.05) is 6.26 Å². The Hall–Kier alpha value is -1.85. The van der Waals surface area contributed by atoms with Gasteiger partial charge in [-0.15, -0.1) is 11.6 Å². The van der Waals surface area contributed by atoms with Crippen LogP contribution in [0.15, 0.2) is 58.4 Å². The van der Waals surface area contributed by atoms with Gasteiger partial charge in [-0.3, -0.25) is 0 Å². The van der Waals surface area contributed by atoms with Crippen molar-refractivity contribution < 1.29 is 8.42 Å². The van der Waals surface area contributed by atoms with Crippen molar-refractivity contribution >= 4 is 33.0 Å². The van der Waals surface area contributed by atoms with Crippen molar-refractivity contribution in [1.29, 1.82) is 0 Å². The molecule has 0 fully saturated rings. The molecule has 0 heterocycles. The Kier molecular flexibility index (Phi) is 4.65. The minimum atomic E-state index is -3.18. The van der Waals surface area contributed by atoms with E-state index in [2.05, 4.69) is 4.99 Å². The highest BCUT2D eigenvalue weighted by molar-refractivity contribution is 7.90. The normalized spacial score (nSPS) is 12.4. The van der Waals surface area contributed by atoms with Gasteiger partial charge in [-0.2, -0.15) is 0 Å². The molecule has 2 aromatic rings. The van der Waals surface area contributed by atoms with E-state index < -0.39 is 9.84 Å². The molecule has 0 aliphatic heterocycles. The summed E-state index contributed by atoms with van der Waals surface area (Å²) in [4.78, 5) is 4.49. The smallest absolute Gasteiger partial charge is 0.175 e. The Bertz CT molecular complexity index is 769. The molecule has 0 radical (unpaired) electrons. The van der Waals surface area contributed by atoms with Gasteiger partial charge in [0.05, 0.1) is 16.5 Å². The highest BCUT2D eigenvalue weighted by atomic mass is 35.5. The van der Waals surface area contributed by atoms with Crippen LogP contribution < -0.4 is 5.73 Å². The number of hydrogen-bond acceptors (Lipinski definition) is 3. The molecular formula is C15H15ClN2O2S. The monoisotopic (exact) mass is 322 g/mol. The Morgan fingerprint density at radius 1 is 1.14 bits per heavy atom. The van der Waals surface area contributed by atoms with Crippen LogP contribution in [0.1, 0.15) is 0 Å². The minimum Gasteiger partial charge on any atom is -0.386 e. The zero-order valence-corrected chi connectivity index (χ0v) is 13.0. The van der Waals surface area contributed by atoms with Crippen molar-refractivity contribution in [3.05, 3.63) is 48.5 Å². The van der Waals surface area contributed by atoms with Gasteiger partial charge < -0.3 is 5.73 Å². The molecule has 0 spiro atoms. The molecule has 2 N–H and O–H groups in total. The lowest BCUT2D eigenvalue weighted by Gasteiger charge is -2.05. The summed E-state index contributed by atoms with van der Waals surface area (Å²) in [5.41, 5.74) is 8.15. The molecular weight excluding hydrogens is 308 g/mol. The van der Waals surface area contributed by atoms with Crippen molar-refractivity contribution in [2.75, 3.05) is 12.1 Å². The van der Waals surface area contributed by atoms with Crippen LogP contribution in [0.25, 0.3) is 11.1 Å². The highest BCUT2D eigenvalue weighted by Crippen LogP contribution is 2.25. The molecule has 21 heavy (non-hydrogen) atoms. The van der Waals surface area contributed by atoms with Crippen molar-refractivity contribution in [3.8, 4) is 11.1 Å². The van der Waals surface area contributed by atoms with Crippen LogP contribution in [0, 0.1) is 0 Å². The first kappa shape index (κ1) is 15.5. The fourth-order valence-corrected chi connectivity index (χ4v) is 2.54. The van der Waals surface area contributed by atoms with Crippen LogP contribution in [0.2, 0.25) is 0 Å². The molecule has 0 aliphatic carbocycles. The maximum atomic E-state index is 11.4. The van der Waals surface area contributed by atoms with Crippen LogP contribution >= 0.6 is 11.6 Å². The lowest BCUT2D eigenvalue weighted by Crippen LogP contribution is -2.12. The first-order chi connectivity index (χ1) is 9.90. The van der Waals surface area contributed by atoms with Crippen molar-refractivity contribution in [3.63, 3.8) is 0 Å². The fourth-order valence-electron chi connectivity index (χ4n) is 1.85. The summed E-state index contributed by atoms with van der Waals surface area (Å²) in [5, 5.41) is 0. The topological polar surface area (TPSA) is 72.5 Å². The van der Waals surface area contributed by atoms with Gasteiger partial charge in [-0.05, 0) is 35.4 Å². The molecule has 0 aromatic heterocycles. The lowest BCUT2D eigenvalue weighted by molar-refractivity contribution is 0.602. The maximum Gasteiger partial charge on any atom is 0.175 e. The molecule has 110 valence electrons. The number of aliphatic imine (C=N–C) groups is 1. The number of nitrogens with zero attached hydrogens (tertiary/aromatic N) is 1. The van der Waals surface area contributed by atoms with E-state index in [1.54, 1.807) is 24.3 Å². The first-order valence-corrected chi connectivity index (χ1v) is 8.62. The fraction of sp³-hybridized carbons (Fsp3) is 0.133. The maximum absolute atomic E-state index is 11.4. The van der Waals surface area contributed by atoms with Crippen LogP contribution in [0.4, 0.5) is 5.69 Å². The highest BCUT2D eigenvalue weighted by Gasteiger charge is 2.07. The number of amidine groups is 1. The second-order valence-corrected chi connectivity index (χ2v) is 6.87. The van der Waals surface area contributed by atoms with E-state index in [0.717, 1.165) is 11.1 Å². The molecule has 0 saturated heterocycles. The number of sulfone groups is 1. The number of alkyl halides is 1. The quantitative estimate of drug-likeness (QED) is 0.534. The van der Waals surface area contributed by atoms with E-state index >= 15 is 0 Å². The summed E-state index contributed by atoms with van der Waals surface area (Å²) >= 11 is 5.61. The van der Waals surface area contributed by atoms with Gasteiger partial charge in [0.15, 0.2) is 9.84 Å². The molecule has 0 bridgehead atoms. The van der Waals surface area contributed by atoms with Crippen molar-refractivity contribution in [2.24, 2.45) is 10.7 Å². The Balaban J connectivity index is 2.37. The largest absolute Gasteiger partial charge is 0.386 e. The first-order valence-electron chi connectivity index (χ1n) is 6.20. The van der Waals surface area contributed by atoms with Gasteiger partial charge >= 0.3 is 0 Å². The van der Waals surface area contributed by atoms with E-state index in [0.29, 0.717) is 16.4 Å². The third-order valence-electron chi connectivity index (χ3n) is 2.87. The number of halogens is 1. The van der Waals surface area contributed by atoms with E-state index in [9.17, 15) is 8.42 Å². The molecule has 0 unspecified atom stereocenters. The standard InChI is InChI=1S/C15H15ClN2O2S/c1-21(19,20)14-7-5-11(6-8-14)12-3-2-4-13(9-12)18-15(17)10-16/h2-9H,10H2,1H3,(H2,17,18). The Morgan fingerprint density at radius 2 is 1.81 bits per heavy atom. The summed E-state index contributed by atoms with van der Waals surface area (Å²) < 4.78 is 22.9. The second kappa shape index (κ2) is 6.28. The van der Waals surface area contributed by atoms with Crippen LogP contribution in [0.5, 0.6) is 0 Å². The van der Waals surface area contributed by atoms with Gasteiger partial charge in [0.1, 0.15) is 5.84 Å². The van der Waals surface area contributed by atoms with Crippen LogP contribution in [-0.4, -0.2) is 26.4 Å². The summed E-state index contributed by atoms with van der Waals surface area (Å²) in [6.07, 6.45) is 1.19. The Morgan fingerprint density at radius 3 is 2.38 bits per heavy atom. The van der Waals surface area contributed by atoms with Crippen LogP contribution in [-0.2, 0) is 9.84 Å². The molecule has 2 aromatic carbocycles. The van der Waals surface area contributed by atoms with E-state index in [-0.39, 0.29) is 5.88 Å². The van der Waals surface area contributed by atoms with Crippen molar-refractivity contribution in [2.45, 2.75) is 4.90 Å². The van der Waals surface area contributed by atoms with Gasteiger partial charge in [0.25, 0.3) is 0 Å².